The van der Waals surface area contributed by atoms with Gasteiger partial charge in [0, 0.05) is 25.2 Å². The van der Waals surface area contributed by atoms with E-state index < -0.39 is 5.25 Å². The van der Waals surface area contributed by atoms with Gasteiger partial charge in [-0.15, -0.1) is 0 Å². The third kappa shape index (κ3) is 4.88. The van der Waals surface area contributed by atoms with Crippen molar-refractivity contribution in [3.8, 4) is 0 Å². The second-order valence-corrected chi connectivity index (χ2v) is 7.60. The standard InChI is InChI=1S/C19H23N3O4S/c1-2-3-11-26-18(25)13-5-7-14(8-6-13)21-16(23)12-15-17(24)22-10-4-9-20-19(22)27-15/h5-8,15H,2-4,9-12H2,1H3,(H,21,23). The van der Waals surface area contributed by atoms with E-state index >= 15 is 0 Å². The van der Waals surface area contributed by atoms with Crippen LogP contribution in [0.3, 0.4) is 0 Å². The molecule has 1 unspecified atom stereocenters. The van der Waals surface area contributed by atoms with Crippen LogP contribution >= 0.6 is 11.8 Å². The Kier molecular flexibility index (Phi) is 6.49. The minimum absolute atomic E-state index is 0.0428. The molecule has 8 heteroatoms. The van der Waals surface area contributed by atoms with Crippen molar-refractivity contribution in [2.24, 2.45) is 4.99 Å². The number of anilines is 1. The highest BCUT2D eigenvalue weighted by atomic mass is 32.2. The molecule has 0 saturated carbocycles. The molecule has 7 nitrogen and oxygen atoms in total. The fourth-order valence-corrected chi connectivity index (χ4v) is 4.02. The van der Waals surface area contributed by atoms with Gasteiger partial charge in [-0.1, -0.05) is 25.1 Å². The van der Waals surface area contributed by atoms with Gasteiger partial charge >= 0.3 is 5.97 Å². The van der Waals surface area contributed by atoms with Crippen molar-refractivity contribution >= 4 is 40.4 Å². The van der Waals surface area contributed by atoms with Gasteiger partial charge in [0.1, 0.15) is 5.25 Å². The summed E-state index contributed by atoms with van der Waals surface area (Å²) >= 11 is 1.36. The largest absolute Gasteiger partial charge is 0.462 e. The van der Waals surface area contributed by atoms with Gasteiger partial charge in [-0.25, -0.2) is 4.79 Å². The smallest absolute Gasteiger partial charge is 0.338 e. The van der Waals surface area contributed by atoms with Gasteiger partial charge in [0.05, 0.1) is 12.2 Å². The van der Waals surface area contributed by atoms with E-state index in [0.29, 0.717) is 24.4 Å². The summed E-state index contributed by atoms with van der Waals surface area (Å²) in [5.41, 5.74) is 1.02. The molecule has 2 aliphatic rings. The zero-order valence-electron chi connectivity index (χ0n) is 15.3. The summed E-state index contributed by atoms with van der Waals surface area (Å²) in [6, 6.07) is 6.55. The van der Waals surface area contributed by atoms with Gasteiger partial charge in [-0.05, 0) is 37.1 Å². The van der Waals surface area contributed by atoms with Gasteiger partial charge in [0.25, 0.3) is 0 Å². The second kappa shape index (κ2) is 9.03. The number of thioether (sulfide) groups is 1. The maximum Gasteiger partial charge on any atom is 0.338 e. The van der Waals surface area contributed by atoms with E-state index in [2.05, 4.69) is 10.3 Å². The quantitative estimate of drug-likeness (QED) is 0.572. The van der Waals surface area contributed by atoms with E-state index in [9.17, 15) is 14.4 Å². The molecule has 144 valence electrons. The highest BCUT2D eigenvalue weighted by Crippen LogP contribution is 2.31. The monoisotopic (exact) mass is 389 g/mol. The summed E-state index contributed by atoms with van der Waals surface area (Å²) in [5.74, 6) is -0.648. The fourth-order valence-electron chi connectivity index (χ4n) is 2.83. The topological polar surface area (TPSA) is 88.1 Å². The fraction of sp³-hybridized carbons (Fsp3) is 0.474. The van der Waals surface area contributed by atoms with Crippen molar-refractivity contribution in [3.05, 3.63) is 29.8 Å². The summed E-state index contributed by atoms with van der Waals surface area (Å²) in [4.78, 5) is 42.5. The van der Waals surface area contributed by atoms with Crippen LogP contribution in [0, 0.1) is 0 Å². The van der Waals surface area contributed by atoms with E-state index in [4.69, 9.17) is 4.74 Å². The molecule has 1 aromatic rings. The zero-order valence-corrected chi connectivity index (χ0v) is 16.1. The van der Waals surface area contributed by atoms with Crippen LogP contribution in [-0.4, -0.2) is 52.8 Å². The molecule has 1 fully saturated rings. The lowest BCUT2D eigenvalue weighted by Gasteiger charge is -2.19. The van der Waals surface area contributed by atoms with Crippen LogP contribution in [-0.2, 0) is 14.3 Å². The highest BCUT2D eigenvalue weighted by Gasteiger charge is 2.39. The number of nitrogens with zero attached hydrogens (tertiary/aromatic N) is 2. The molecule has 3 rings (SSSR count). The normalized spacial score (nSPS) is 18.7. The first-order valence-corrected chi connectivity index (χ1v) is 10.1. The number of nitrogens with one attached hydrogen (secondary N) is 1. The predicted molar refractivity (Wildman–Crippen MR) is 105 cm³/mol. The lowest BCUT2D eigenvalue weighted by atomic mass is 10.2. The van der Waals surface area contributed by atoms with E-state index in [1.54, 1.807) is 29.2 Å². The molecular weight excluding hydrogens is 366 g/mol. The minimum Gasteiger partial charge on any atom is -0.462 e. The molecule has 1 aromatic carbocycles. The summed E-state index contributed by atoms with van der Waals surface area (Å²) in [5, 5.41) is 3.08. The molecule has 0 radical (unpaired) electrons. The molecule has 1 N–H and O–H groups in total. The maximum absolute atomic E-state index is 12.3. The molecule has 0 bridgehead atoms. The van der Waals surface area contributed by atoms with Crippen molar-refractivity contribution in [3.63, 3.8) is 0 Å². The lowest BCUT2D eigenvalue weighted by molar-refractivity contribution is -0.128. The SMILES string of the molecule is CCCCOC(=O)c1ccc(NC(=O)CC2SC3=NCCCN3C2=O)cc1. The number of carbonyl (C=O) groups is 3. The number of hydrogen-bond donors (Lipinski definition) is 1. The average Bonchev–Trinajstić information content (AvgIpc) is 2.98. The van der Waals surface area contributed by atoms with E-state index in [0.717, 1.165) is 31.0 Å². The zero-order chi connectivity index (χ0) is 19.2. The van der Waals surface area contributed by atoms with Gasteiger partial charge in [-0.2, -0.15) is 0 Å². The Morgan fingerprint density at radius 3 is 2.81 bits per heavy atom. The van der Waals surface area contributed by atoms with E-state index in [-0.39, 0.29) is 24.2 Å². The Balaban J connectivity index is 1.51. The van der Waals surface area contributed by atoms with Gasteiger partial charge in [-0.3, -0.25) is 19.5 Å². The van der Waals surface area contributed by atoms with Gasteiger partial charge in [0.15, 0.2) is 5.17 Å². The third-order valence-corrected chi connectivity index (χ3v) is 5.53. The Hall–Kier alpha value is -2.35. The Morgan fingerprint density at radius 2 is 2.11 bits per heavy atom. The number of amides is 2. The number of fused-ring (bicyclic) bond motifs is 1. The first-order chi connectivity index (χ1) is 13.1. The number of rotatable bonds is 7. The first-order valence-electron chi connectivity index (χ1n) is 9.18. The van der Waals surface area contributed by atoms with Crippen molar-refractivity contribution in [2.45, 2.75) is 37.9 Å². The molecule has 1 atom stereocenters. The number of ether oxygens (including phenoxy) is 1. The summed E-state index contributed by atoms with van der Waals surface area (Å²) in [6.45, 7) is 3.85. The Labute approximate surface area is 162 Å². The van der Waals surface area contributed by atoms with Crippen molar-refractivity contribution in [1.29, 1.82) is 0 Å². The van der Waals surface area contributed by atoms with Gasteiger partial charge < -0.3 is 10.1 Å². The van der Waals surface area contributed by atoms with Crippen LogP contribution in [0.4, 0.5) is 5.69 Å². The van der Waals surface area contributed by atoms with Crippen LogP contribution < -0.4 is 5.32 Å². The number of amidine groups is 1. The number of aliphatic imine (C=N–C) groups is 1. The molecule has 27 heavy (non-hydrogen) atoms. The number of unbranched alkanes of at least 4 members (excludes halogenated alkanes) is 1. The number of benzene rings is 1. The van der Waals surface area contributed by atoms with E-state index in [1.165, 1.54) is 11.8 Å². The lowest BCUT2D eigenvalue weighted by Crippen LogP contribution is -2.36. The number of carbonyl (C=O) groups excluding carboxylic acids is 3. The van der Waals surface area contributed by atoms with Crippen LogP contribution in [0.5, 0.6) is 0 Å². The van der Waals surface area contributed by atoms with Crippen LogP contribution in [0.1, 0.15) is 43.0 Å². The molecule has 2 aliphatic heterocycles. The van der Waals surface area contributed by atoms with Crippen molar-refractivity contribution in [2.75, 3.05) is 25.0 Å². The molecule has 1 saturated heterocycles. The summed E-state index contributed by atoms with van der Waals surface area (Å²) < 4.78 is 5.15. The van der Waals surface area contributed by atoms with Crippen LogP contribution in [0.2, 0.25) is 0 Å². The molecule has 0 aliphatic carbocycles. The van der Waals surface area contributed by atoms with Gasteiger partial charge in [0.2, 0.25) is 11.8 Å². The predicted octanol–water partition coefficient (Wildman–Crippen LogP) is 2.68. The Morgan fingerprint density at radius 1 is 1.33 bits per heavy atom. The highest BCUT2D eigenvalue weighted by molar-refractivity contribution is 8.15. The first kappa shape index (κ1) is 19.4. The number of hydrogen-bond acceptors (Lipinski definition) is 6. The molecule has 0 spiro atoms. The molecule has 2 heterocycles. The third-order valence-electron chi connectivity index (χ3n) is 4.31. The van der Waals surface area contributed by atoms with Crippen LogP contribution in [0.15, 0.2) is 29.3 Å². The maximum atomic E-state index is 12.3. The molecule has 2 amide bonds. The molecular formula is C19H23N3O4S. The second-order valence-electron chi connectivity index (χ2n) is 6.43. The average molecular weight is 389 g/mol. The van der Waals surface area contributed by atoms with Crippen molar-refractivity contribution in [1.82, 2.24) is 4.90 Å². The summed E-state index contributed by atoms with van der Waals surface area (Å²) in [7, 11) is 0. The summed E-state index contributed by atoms with van der Waals surface area (Å²) in [6.07, 6.45) is 2.76. The van der Waals surface area contributed by atoms with Crippen molar-refractivity contribution < 1.29 is 19.1 Å². The molecule has 0 aromatic heterocycles. The van der Waals surface area contributed by atoms with Crippen LogP contribution in [0.25, 0.3) is 0 Å². The minimum atomic E-state index is -0.422. The Bertz CT molecular complexity index is 748. The number of esters is 1. The van der Waals surface area contributed by atoms with E-state index in [1.807, 2.05) is 6.92 Å².